The van der Waals surface area contributed by atoms with Crippen LogP contribution in [0.3, 0.4) is 0 Å². The van der Waals surface area contributed by atoms with Gasteiger partial charge in [-0.25, -0.2) is 0 Å². The third-order valence-corrected chi connectivity index (χ3v) is 5.57. The molecule has 1 rings (SSSR count). The highest BCUT2D eigenvalue weighted by atomic mass is 127. The lowest BCUT2D eigenvalue weighted by molar-refractivity contribution is 1.01. The van der Waals surface area contributed by atoms with Crippen molar-refractivity contribution in [1.29, 1.82) is 0 Å². The first kappa shape index (κ1) is 15.7. The molecule has 0 heterocycles. The highest BCUT2D eigenvalue weighted by Crippen LogP contribution is 2.27. The van der Waals surface area contributed by atoms with Gasteiger partial charge in [-0.3, -0.25) is 0 Å². The minimum atomic E-state index is -1.34. The van der Waals surface area contributed by atoms with E-state index in [0.29, 0.717) is 6.54 Å². The summed E-state index contributed by atoms with van der Waals surface area (Å²) < 4.78 is 1.30. The molecule has 0 fully saturated rings. The van der Waals surface area contributed by atoms with Crippen LogP contribution in [-0.2, 0) is 6.54 Å². The van der Waals surface area contributed by atoms with Crippen molar-refractivity contribution in [2.45, 2.75) is 47.0 Å². The molecule has 0 spiro atoms. The first-order chi connectivity index (χ1) is 8.19. The predicted molar refractivity (Wildman–Crippen MR) is 91.5 cm³/mol. The summed E-state index contributed by atoms with van der Waals surface area (Å²) in [5.74, 6) is 3.42. The monoisotopic (exact) mass is 371 g/mol. The van der Waals surface area contributed by atoms with Gasteiger partial charge in [0.25, 0.3) is 0 Å². The normalized spacial score (nSPS) is 11.1. The summed E-state index contributed by atoms with van der Waals surface area (Å²) in [4.78, 5) is 0. The lowest BCUT2D eigenvalue weighted by atomic mass is 9.94. The molecule has 2 N–H and O–H groups in total. The zero-order chi connectivity index (χ0) is 14.1. The minimum absolute atomic E-state index is 0.593. The van der Waals surface area contributed by atoms with Crippen LogP contribution in [0.25, 0.3) is 0 Å². The smallest absolute Gasteiger partial charge is 0.129 e. The van der Waals surface area contributed by atoms with Gasteiger partial charge >= 0.3 is 0 Å². The molecule has 0 aliphatic heterocycles. The number of benzene rings is 1. The average molecular weight is 371 g/mol. The highest BCUT2D eigenvalue weighted by molar-refractivity contribution is 14.1. The van der Waals surface area contributed by atoms with Crippen LogP contribution in [-0.4, -0.2) is 8.07 Å². The summed E-state index contributed by atoms with van der Waals surface area (Å²) in [7, 11) is -1.34. The van der Waals surface area contributed by atoms with Crippen molar-refractivity contribution >= 4 is 30.7 Å². The predicted octanol–water partition coefficient (Wildman–Crippen LogP) is 3.90. The molecule has 1 aromatic rings. The topological polar surface area (TPSA) is 26.0 Å². The van der Waals surface area contributed by atoms with Gasteiger partial charge in [0.1, 0.15) is 8.07 Å². The molecule has 0 saturated heterocycles. The maximum absolute atomic E-state index is 5.88. The Morgan fingerprint density at radius 3 is 2.06 bits per heavy atom. The molecule has 0 aliphatic carbocycles. The summed E-state index contributed by atoms with van der Waals surface area (Å²) >= 11 is 2.41. The fraction of sp³-hybridized carbons (Fsp3) is 0.467. The molecule has 0 atom stereocenters. The van der Waals surface area contributed by atoms with Gasteiger partial charge in [0.05, 0.1) is 0 Å². The molecule has 0 amide bonds. The Bertz CT molecular complexity index is 530. The summed E-state index contributed by atoms with van der Waals surface area (Å²) in [6.45, 7) is 13.9. The van der Waals surface area contributed by atoms with Gasteiger partial charge in [0, 0.05) is 15.7 Å². The number of rotatable bonds is 1. The second-order valence-electron chi connectivity index (χ2n) is 5.75. The summed E-state index contributed by atoms with van der Waals surface area (Å²) in [5.41, 5.74) is 15.7. The Hall–Kier alpha value is -0.313. The van der Waals surface area contributed by atoms with E-state index < -0.39 is 8.07 Å². The number of nitrogens with two attached hydrogens (primary N) is 1. The third kappa shape index (κ3) is 3.37. The molecule has 18 heavy (non-hydrogen) atoms. The lowest BCUT2D eigenvalue weighted by Crippen LogP contribution is -2.16. The van der Waals surface area contributed by atoms with Crippen molar-refractivity contribution in [2.24, 2.45) is 5.73 Å². The molecule has 0 aromatic heterocycles. The molecule has 1 aromatic carbocycles. The quantitative estimate of drug-likeness (QED) is 0.452. The van der Waals surface area contributed by atoms with Crippen LogP contribution in [0.5, 0.6) is 0 Å². The van der Waals surface area contributed by atoms with E-state index in [2.05, 4.69) is 74.5 Å². The second-order valence-corrected chi connectivity index (χ2v) is 11.6. The van der Waals surface area contributed by atoms with E-state index in [4.69, 9.17) is 5.73 Å². The molecule has 0 aliphatic rings. The molecule has 0 bridgehead atoms. The molecule has 3 heteroatoms. The molecule has 1 nitrogen and oxygen atoms in total. The van der Waals surface area contributed by atoms with Crippen molar-refractivity contribution in [3.05, 3.63) is 31.4 Å². The van der Waals surface area contributed by atoms with Crippen LogP contribution in [0.15, 0.2) is 0 Å². The third-order valence-electron chi connectivity index (χ3n) is 3.08. The Morgan fingerprint density at radius 2 is 1.61 bits per heavy atom. The van der Waals surface area contributed by atoms with Crippen LogP contribution >= 0.6 is 22.6 Å². The second kappa shape index (κ2) is 5.77. The van der Waals surface area contributed by atoms with Crippen molar-refractivity contribution in [1.82, 2.24) is 0 Å². The van der Waals surface area contributed by atoms with Gasteiger partial charge in [0.2, 0.25) is 0 Å². The van der Waals surface area contributed by atoms with Gasteiger partial charge in [-0.2, -0.15) is 0 Å². The zero-order valence-electron chi connectivity index (χ0n) is 12.2. The van der Waals surface area contributed by atoms with Crippen LogP contribution in [0.2, 0.25) is 19.6 Å². The highest BCUT2D eigenvalue weighted by Gasteiger charge is 2.14. The first-order valence-electron chi connectivity index (χ1n) is 6.20. The van der Waals surface area contributed by atoms with Crippen molar-refractivity contribution in [2.75, 3.05) is 0 Å². The van der Waals surface area contributed by atoms with E-state index in [-0.39, 0.29) is 0 Å². The van der Waals surface area contributed by atoms with Gasteiger partial charge in [-0.15, -0.1) is 5.54 Å². The fourth-order valence-corrected chi connectivity index (χ4v) is 3.08. The molecular formula is C15H22INSi. The van der Waals surface area contributed by atoms with Gasteiger partial charge in [-0.05, 0) is 65.6 Å². The molecule has 0 unspecified atom stereocenters. The van der Waals surface area contributed by atoms with Gasteiger partial charge in [0.15, 0.2) is 0 Å². The summed E-state index contributed by atoms with van der Waals surface area (Å²) in [5, 5.41) is 0. The van der Waals surface area contributed by atoms with Crippen LogP contribution in [0, 0.1) is 35.8 Å². The first-order valence-corrected chi connectivity index (χ1v) is 10.8. The molecule has 0 saturated carbocycles. The fourth-order valence-electron chi connectivity index (χ4n) is 1.98. The Kier molecular flexibility index (Phi) is 5.04. The standard InChI is InChI=1S/C15H22INSi/c1-10-13(7-8-18(4,5)6)11(2)15(16)12(3)14(10)9-17/h9,17H2,1-6H3. The molecular weight excluding hydrogens is 349 g/mol. The molecule has 0 radical (unpaired) electrons. The van der Waals surface area contributed by atoms with Crippen molar-refractivity contribution < 1.29 is 0 Å². The van der Waals surface area contributed by atoms with Gasteiger partial charge in [-0.1, -0.05) is 25.6 Å². The molecule has 98 valence electrons. The number of hydrogen-bond acceptors (Lipinski definition) is 1. The van der Waals surface area contributed by atoms with Crippen molar-refractivity contribution in [3.63, 3.8) is 0 Å². The maximum atomic E-state index is 5.88. The van der Waals surface area contributed by atoms with E-state index >= 15 is 0 Å². The van der Waals surface area contributed by atoms with Crippen LogP contribution < -0.4 is 5.73 Å². The van der Waals surface area contributed by atoms with E-state index in [9.17, 15) is 0 Å². The Morgan fingerprint density at radius 1 is 1.06 bits per heavy atom. The van der Waals surface area contributed by atoms with E-state index in [1.165, 1.54) is 31.4 Å². The SMILES string of the molecule is Cc1c(I)c(C)c(CN)c(C)c1C#C[Si](C)(C)C. The lowest BCUT2D eigenvalue weighted by Gasteiger charge is -2.16. The van der Waals surface area contributed by atoms with Crippen LogP contribution in [0.4, 0.5) is 0 Å². The summed E-state index contributed by atoms with van der Waals surface area (Å²) in [6, 6.07) is 0. The minimum Gasteiger partial charge on any atom is -0.326 e. The zero-order valence-corrected chi connectivity index (χ0v) is 15.3. The Labute approximate surface area is 126 Å². The maximum Gasteiger partial charge on any atom is 0.129 e. The van der Waals surface area contributed by atoms with E-state index in [0.717, 1.165) is 0 Å². The largest absolute Gasteiger partial charge is 0.326 e. The Balaban J connectivity index is 3.54. The number of halogens is 1. The number of hydrogen-bond donors (Lipinski definition) is 1. The van der Waals surface area contributed by atoms with Crippen LogP contribution in [0.1, 0.15) is 27.8 Å². The van der Waals surface area contributed by atoms with E-state index in [1.807, 2.05) is 0 Å². The van der Waals surface area contributed by atoms with E-state index in [1.54, 1.807) is 0 Å². The summed E-state index contributed by atoms with van der Waals surface area (Å²) in [6.07, 6.45) is 0. The van der Waals surface area contributed by atoms with Gasteiger partial charge < -0.3 is 5.73 Å². The average Bonchev–Trinajstić information content (AvgIpc) is 2.25. The van der Waals surface area contributed by atoms with Crippen molar-refractivity contribution in [3.8, 4) is 11.5 Å².